The van der Waals surface area contributed by atoms with Crippen LogP contribution in [0.2, 0.25) is 0 Å². The number of fused-ring (bicyclic) bond motifs is 1. The number of nitrogens with zero attached hydrogens (tertiary/aromatic N) is 5. The van der Waals surface area contributed by atoms with Gasteiger partial charge >= 0.3 is 6.03 Å². The van der Waals surface area contributed by atoms with Gasteiger partial charge in [-0.3, -0.25) is 14.8 Å². The van der Waals surface area contributed by atoms with Crippen LogP contribution in [0.3, 0.4) is 0 Å². The molecule has 0 bridgehead atoms. The van der Waals surface area contributed by atoms with Crippen molar-refractivity contribution < 1.29 is 9.59 Å². The standard InChI is InChI=1S/C27H31N9O2/c1-35-12-8-20(9-13-35)32-27(38)33-24-14-18(7-11-28-24)16-30-25-22(4-3-10-29-25)26(37)31-21-6-5-19-17-36(2)34-23(19)15-21/h3-7,10-11,14-15,17,20H,8-9,12-13,16H2,1-2H3,(H,29,30)(H,31,37)(H2,28,32,33,38). The molecule has 0 aliphatic carbocycles. The van der Waals surface area contributed by atoms with Crippen LogP contribution in [0.1, 0.15) is 28.8 Å². The van der Waals surface area contributed by atoms with Gasteiger partial charge < -0.3 is 20.9 Å². The zero-order chi connectivity index (χ0) is 26.5. The van der Waals surface area contributed by atoms with Crippen LogP contribution in [0, 0.1) is 0 Å². The van der Waals surface area contributed by atoms with E-state index in [1.807, 2.05) is 37.5 Å². The fourth-order valence-electron chi connectivity index (χ4n) is 4.47. The Morgan fingerprint density at radius 3 is 2.68 bits per heavy atom. The van der Waals surface area contributed by atoms with Crippen molar-refractivity contribution in [2.75, 3.05) is 36.1 Å². The van der Waals surface area contributed by atoms with Crippen molar-refractivity contribution in [1.29, 1.82) is 0 Å². The average molecular weight is 514 g/mol. The molecule has 0 saturated carbocycles. The van der Waals surface area contributed by atoms with Crippen molar-refractivity contribution in [3.8, 4) is 0 Å². The second-order valence-electron chi connectivity index (χ2n) is 9.51. The number of carbonyl (C=O) groups excluding carboxylic acids is 2. The molecular formula is C27H31N9O2. The average Bonchev–Trinajstić information content (AvgIpc) is 3.28. The number of aromatic nitrogens is 4. The Morgan fingerprint density at radius 1 is 1.00 bits per heavy atom. The topological polar surface area (TPSA) is 129 Å². The fraction of sp³-hybridized carbons (Fsp3) is 0.296. The van der Waals surface area contributed by atoms with Gasteiger partial charge in [0.2, 0.25) is 0 Å². The number of amides is 3. The third kappa shape index (κ3) is 6.24. The van der Waals surface area contributed by atoms with Crippen molar-refractivity contribution in [1.82, 2.24) is 30.0 Å². The van der Waals surface area contributed by atoms with Gasteiger partial charge in [0.1, 0.15) is 11.6 Å². The van der Waals surface area contributed by atoms with Crippen LogP contribution < -0.4 is 21.3 Å². The largest absolute Gasteiger partial charge is 0.365 e. The first kappa shape index (κ1) is 25.2. The number of piperidine rings is 1. The Hall–Kier alpha value is -4.51. The summed E-state index contributed by atoms with van der Waals surface area (Å²) in [5, 5.41) is 17.4. The van der Waals surface area contributed by atoms with E-state index in [2.05, 4.69) is 48.3 Å². The number of urea groups is 1. The highest BCUT2D eigenvalue weighted by Gasteiger charge is 2.19. The molecule has 196 valence electrons. The Morgan fingerprint density at radius 2 is 1.84 bits per heavy atom. The van der Waals surface area contributed by atoms with E-state index in [1.54, 1.807) is 35.3 Å². The molecule has 11 heteroatoms. The molecule has 1 aromatic carbocycles. The molecule has 5 rings (SSSR count). The van der Waals surface area contributed by atoms with Gasteiger partial charge in [0.05, 0.1) is 11.1 Å². The van der Waals surface area contributed by atoms with E-state index in [0.717, 1.165) is 42.4 Å². The molecule has 1 fully saturated rings. The van der Waals surface area contributed by atoms with Gasteiger partial charge in [-0.05, 0) is 81.0 Å². The van der Waals surface area contributed by atoms with E-state index >= 15 is 0 Å². The van der Waals surface area contributed by atoms with Crippen LogP contribution in [0.4, 0.5) is 22.1 Å². The maximum Gasteiger partial charge on any atom is 0.320 e. The van der Waals surface area contributed by atoms with Gasteiger partial charge in [0.25, 0.3) is 5.91 Å². The molecule has 0 atom stereocenters. The lowest BCUT2D eigenvalue weighted by atomic mass is 10.1. The van der Waals surface area contributed by atoms with Crippen molar-refractivity contribution in [2.24, 2.45) is 7.05 Å². The molecule has 0 spiro atoms. The summed E-state index contributed by atoms with van der Waals surface area (Å²) in [6, 6.07) is 12.6. The molecule has 4 N–H and O–H groups in total. The first-order valence-electron chi connectivity index (χ1n) is 12.6. The van der Waals surface area contributed by atoms with Crippen molar-refractivity contribution in [3.63, 3.8) is 0 Å². The summed E-state index contributed by atoms with van der Waals surface area (Å²) in [4.78, 5) is 36.4. The fourth-order valence-corrected chi connectivity index (χ4v) is 4.47. The summed E-state index contributed by atoms with van der Waals surface area (Å²) in [7, 11) is 3.95. The lowest BCUT2D eigenvalue weighted by molar-refractivity contribution is 0.102. The highest BCUT2D eigenvalue weighted by molar-refractivity contribution is 6.08. The van der Waals surface area contributed by atoms with Gasteiger partial charge in [-0.25, -0.2) is 14.8 Å². The molecule has 38 heavy (non-hydrogen) atoms. The number of hydrogen-bond acceptors (Lipinski definition) is 7. The molecule has 1 aliphatic rings. The predicted molar refractivity (Wildman–Crippen MR) is 147 cm³/mol. The summed E-state index contributed by atoms with van der Waals surface area (Å²) < 4.78 is 1.74. The third-order valence-electron chi connectivity index (χ3n) is 6.51. The zero-order valence-electron chi connectivity index (χ0n) is 21.4. The summed E-state index contributed by atoms with van der Waals surface area (Å²) in [5.41, 5.74) is 2.75. The first-order chi connectivity index (χ1) is 18.4. The molecule has 4 heterocycles. The van der Waals surface area contributed by atoms with Crippen LogP contribution in [0.25, 0.3) is 10.9 Å². The molecule has 1 aliphatic heterocycles. The number of anilines is 3. The second kappa shape index (κ2) is 11.3. The monoisotopic (exact) mass is 513 g/mol. The number of pyridine rings is 2. The van der Waals surface area contributed by atoms with Crippen molar-refractivity contribution in [2.45, 2.75) is 25.4 Å². The molecule has 0 unspecified atom stereocenters. The summed E-state index contributed by atoms with van der Waals surface area (Å²) >= 11 is 0. The van der Waals surface area contributed by atoms with E-state index in [-0.39, 0.29) is 18.0 Å². The van der Waals surface area contributed by atoms with Gasteiger partial charge in [0, 0.05) is 49.3 Å². The Balaban J connectivity index is 1.19. The van der Waals surface area contributed by atoms with Crippen LogP contribution in [0.15, 0.2) is 61.1 Å². The summed E-state index contributed by atoms with van der Waals surface area (Å²) in [6.07, 6.45) is 7.05. The number of carbonyl (C=O) groups is 2. The first-order valence-corrected chi connectivity index (χ1v) is 12.6. The molecule has 3 amide bonds. The third-order valence-corrected chi connectivity index (χ3v) is 6.51. The maximum absolute atomic E-state index is 13.1. The van der Waals surface area contributed by atoms with E-state index in [1.165, 1.54) is 0 Å². The highest BCUT2D eigenvalue weighted by Crippen LogP contribution is 2.20. The van der Waals surface area contributed by atoms with Gasteiger partial charge in [-0.15, -0.1) is 0 Å². The smallest absolute Gasteiger partial charge is 0.320 e. The minimum Gasteiger partial charge on any atom is -0.365 e. The van der Waals surface area contributed by atoms with E-state index < -0.39 is 0 Å². The van der Waals surface area contributed by atoms with Crippen LogP contribution in [0.5, 0.6) is 0 Å². The number of rotatable bonds is 7. The lowest BCUT2D eigenvalue weighted by Crippen LogP contribution is -2.44. The highest BCUT2D eigenvalue weighted by atomic mass is 16.2. The van der Waals surface area contributed by atoms with Crippen LogP contribution in [-0.4, -0.2) is 62.8 Å². The number of nitrogens with one attached hydrogen (secondary N) is 4. The minimum atomic E-state index is -0.279. The summed E-state index contributed by atoms with van der Waals surface area (Å²) in [5.74, 6) is 0.632. The van der Waals surface area contributed by atoms with Gasteiger partial charge in [-0.1, -0.05) is 0 Å². The molecule has 4 aromatic rings. The normalized spacial score (nSPS) is 14.3. The van der Waals surface area contributed by atoms with E-state index in [0.29, 0.717) is 29.4 Å². The van der Waals surface area contributed by atoms with Crippen molar-refractivity contribution >= 4 is 40.2 Å². The van der Waals surface area contributed by atoms with Gasteiger partial charge in [-0.2, -0.15) is 5.10 Å². The minimum absolute atomic E-state index is 0.163. The molecule has 1 saturated heterocycles. The van der Waals surface area contributed by atoms with E-state index in [4.69, 9.17) is 0 Å². The van der Waals surface area contributed by atoms with Crippen LogP contribution in [-0.2, 0) is 13.6 Å². The quantitative estimate of drug-likeness (QED) is 0.298. The van der Waals surface area contributed by atoms with Crippen molar-refractivity contribution in [3.05, 3.63) is 72.2 Å². The molecule has 11 nitrogen and oxygen atoms in total. The Kier molecular flexibility index (Phi) is 7.45. The van der Waals surface area contributed by atoms with Gasteiger partial charge in [0.15, 0.2) is 0 Å². The lowest BCUT2D eigenvalue weighted by Gasteiger charge is -2.29. The predicted octanol–water partition coefficient (Wildman–Crippen LogP) is 3.44. The second-order valence-corrected chi connectivity index (χ2v) is 9.51. The molecule has 0 radical (unpaired) electrons. The number of benzene rings is 1. The van der Waals surface area contributed by atoms with E-state index in [9.17, 15) is 9.59 Å². The maximum atomic E-state index is 13.1. The number of likely N-dealkylation sites (tertiary alicyclic amines) is 1. The Bertz CT molecular complexity index is 1440. The van der Waals surface area contributed by atoms with Crippen LogP contribution >= 0.6 is 0 Å². The Labute approximate surface area is 220 Å². The molecule has 3 aromatic heterocycles. The molecular weight excluding hydrogens is 482 g/mol. The summed E-state index contributed by atoms with van der Waals surface area (Å²) in [6.45, 7) is 2.33. The zero-order valence-corrected chi connectivity index (χ0v) is 21.4. The number of aryl methyl sites for hydroxylation is 1. The SMILES string of the molecule is CN1CCC(NC(=O)Nc2cc(CNc3ncccc3C(=O)Nc3ccc4cn(C)nc4c3)ccn2)CC1. The number of hydrogen-bond donors (Lipinski definition) is 4.